The smallest absolute Gasteiger partial charge is 0.363 e. The molecule has 0 fully saturated rings. The maximum Gasteiger partial charge on any atom is 0.363 e. The van der Waals surface area contributed by atoms with E-state index in [0.29, 0.717) is 17.0 Å². The van der Waals surface area contributed by atoms with E-state index in [1.807, 2.05) is 0 Å². The minimum Gasteiger partial charge on any atom is -0.504 e. The van der Waals surface area contributed by atoms with Gasteiger partial charge in [-0.1, -0.05) is 0 Å². The number of aromatic hydroxyl groups is 1. The zero-order valence-electron chi connectivity index (χ0n) is 10.9. The molecule has 0 amide bonds. The molecule has 0 saturated heterocycles. The van der Waals surface area contributed by atoms with Crippen molar-refractivity contribution in [1.29, 1.82) is 0 Å². The van der Waals surface area contributed by atoms with Gasteiger partial charge in [0.1, 0.15) is 5.69 Å². The van der Waals surface area contributed by atoms with E-state index in [1.165, 1.54) is 19.4 Å². The average molecular weight is 275 g/mol. The lowest BCUT2D eigenvalue weighted by molar-refractivity contribution is 0.373. The van der Waals surface area contributed by atoms with Gasteiger partial charge in [-0.2, -0.15) is 15.2 Å². The fraction of sp³-hybridized carbons (Fsp3) is 0.167. The summed E-state index contributed by atoms with van der Waals surface area (Å²) in [5, 5.41) is 19.5. The number of phenols is 1. The van der Waals surface area contributed by atoms with Crippen molar-refractivity contribution < 1.29 is 9.84 Å². The molecule has 0 spiro atoms. The first-order valence-electron chi connectivity index (χ1n) is 5.69. The highest BCUT2D eigenvalue weighted by molar-refractivity contribution is 5.81. The second-order valence-corrected chi connectivity index (χ2v) is 3.88. The van der Waals surface area contributed by atoms with Gasteiger partial charge in [0.15, 0.2) is 17.3 Å². The first-order valence-corrected chi connectivity index (χ1v) is 5.69. The van der Waals surface area contributed by atoms with Crippen LogP contribution in [0.3, 0.4) is 0 Å². The lowest BCUT2D eigenvalue weighted by Crippen LogP contribution is -2.15. The molecule has 8 nitrogen and oxygen atoms in total. The molecule has 0 aliphatic heterocycles. The molecule has 2 aromatic rings. The minimum absolute atomic E-state index is 0.0172. The average Bonchev–Trinajstić information content (AvgIpc) is 2.43. The van der Waals surface area contributed by atoms with Gasteiger partial charge in [-0.3, -0.25) is 5.43 Å². The maximum atomic E-state index is 11.0. The molecule has 1 aromatic heterocycles. The number of anilines is 1. The van der Waals surface area contributed by atoms with Crippen molar-refractivity contribution in [3.8, 4) is 11.5 Å². The van der Waals surface area contributed by atoms with Gasteiger partial charge in [-0.15, -0.1) is 0 Å². The number of H-pyrrole nitrogens is 1. The summed E-state index contributed by atoms with van der Waals surface area (Å²) in [5.41, 5.74) is 3.23. The third-order valence-electron chi connectivity index (χ3n) is 2.46. The summed E-state index contributed by atoms with van der Waals surface area (Å²) in [5.74, 6) is 0.665. The lowest BCUT2D eigenvalue weighted by atomic mass is 10.2. The van der Waals surface area contributed by atoms with Crippen LogP contribution in [0.2, 0.25) is 0 Å². The maximum absolute atomic E-state index is 11.0. The molecule has 0 aliphatic carbocycles. The molecule has 0 atom stereocenters. The Balaban J connectivity index is 2.12. The SMILES string of the molecule is COc1ccc(C=NNc2nc(=O)[nH]nc2C)cc1O. The molecule has 20 heavy (non-hydrogen) atoms. The fourth-order valence-electron chi connectivity index (χ4n) is 1.45. The number of aromatic nitrogens is 3. The van der Waals surface area contributed by atoms with E-state index in [0.717, 1.165) is 0 Å². The number of phenolic OH excluding ortho intramolecular Hbond substituents is 1. The second-order valence-electron chi connectivity index (χ2n) is 3.88. The van der Waals surface area contributed by atoms with Crippen LogP contribution in [0, 0.1) is 6.92 Å². The number of methoxy groups -OCH3 is 1. The van der Waals surface area contributed by atoms with E-state index in [-0.39, 0.29) is 11.6 Å². The largest absolute Gasteiger partial charge is 0.504 e. The minimum atomic E-state index is -0.560. The summed E-state index contributed by atoms with van der Waals surface area (Å²) in [4.78, 5) is 14.7. The van der Waals surface area contributed by atoms with Crippen molar-refractivity contribution >= 4 is 12.0 Å². The first kappa shape index (κ1) is 13.5. The van der Waals surface area contributed by atoms with Gasteiger partial charge in [0.25, 0.3) is 0 Å². The van der Waals surface area contributed by atoms with E-state index in [9.17, 15) is 9.90 Å². The summed E-state index contributed by atoms with van der Waals surface area (Å²) >= 11 is 0. The molecule has 3 N–H and O–H groups in total. The summed E-state index contributed by atoms with van der Waals surface area (Å²) in [6.07, 6.45) is 1.47. The highest BCUT2D eigenvalue weighted by Crippen LogP contribution is 2.25. The molecule has 0 saturated carbocycles. The Labute approximate surface area is 114 Å². The molecule has 1 heterocycles. The Morgan fingerprint density at radius 3 is 3.00 bits per heavy atom. The molecule has 104 valence electrons. The number of hydrogen-bond donors (Lipinski definition) is 3. The molecule has 0 unspecified atom stereocenters. The van der Waals surface area contributed by atoms with E-state index >= 15 is 0 Å². The van der Waals surface area contributed by atoms with Crippen molar-refractivity contribution in [2.45, 2.75) is 6.92 Å². The quantitative estimate of drug-likeness (QED) is 0.557. The molecule has 0 bridgehead atoms. The van der Waals surface area contributed by atoms with E-state index in [4.69, 9.17) is 4.74 Å². The van der Waals surface area contributed by atoms with Gasteiger partial charge in [0.2, 0.25) is 0 Å². The van der Waals surface area contributed by atoms with Crippen LogP contribution in [0.4, 0.5) is 5.82 Å². The van der Waals surface area contributed by atoms with Crippen molar-refractivity contribution in [2.75, 3.05) is 12.5 Å². The first-order chi connectivity index (χ1) is 9.60. The topological polar surface area (TPSA) is 112 Å². The van der Waals surface area contributed by atoms with Gasteiger partial charge in [-0.05, 0) is 30.7 Å². The third-order valence-corrected chi connectivity index (χ3v) is 2.46. The Morgan fingerprint density at radius 2 is 2.30 bits per heavy atom. The molecule has 0 aliphatic rings. The Bertz CT molecular complexity index is 696. The normalized spacial score (nSPS) is 10.7. The zero-order valence-corrected chi connectivity index (χ0v) is 10.9. The molecule has 0 radical (unpaired) electrons. The molecule has 8 heteroatoms. The predicted molar refractivity (Wildman–Crippen MR) is 73.3 cm³/mol. The van der Waals surface area contributed by atoms with E-state index in [1.54, 1.807) is 19.1 Å². The molecule has 1 aromatic carbocycles. The van der Waals surface area contributed by atoms with E-state index in [2.05, 4.69) is 25.7 Å². The number of benzene rings is 1. The van der Waals surface area contributed by atoms with Crippen molar-refractivity contribution in [1.82, 2.24) is 15.2 Å². The van der Waals surface area contributed by atoms with Crippen molar-refractivity contribution in [3.63, 3.8) is 0 Å². The summed E-state index contributed by atoms with van der Waals surface area (Å²) in [6.45, 7) is 1.68. The van der Waals surface area contributed by atoms with Crippen LogP contribution in [0.5, 0.6) is 11.5 Å². The predicted octanol–water partition coefficient (Wildman–Crippen LogP) is 0.634. The Kier molecular flexibility index (Phi) is 3.94. The number of nitrogens with zero attached hydrogens (tertiary/aromatic N) is 3. The van der Waals surface area contributed by atoms with Gasteiger partial charge in [-0.25, -0.2) is 9.89 Å². The molecular weight excluding hydrogens is 262 g/mol. The van der Waals surface area contributed by atoms with Crippen molar-refractivity contribution in [3.05, 3.63) is 39.9 Å². The van der Waals surface area contributed by atoms with Crippen LogP contribution >= 0.6 is 0 Å². The monoisotopic (exact) mass is 275 g/mol. The number of rotatable bonds is 4. The Morgan fingerprint density at radius 1 is 1.50 bits per heavy atom. The summed E-state index contributed by atoms with van der Waals surface area (Å²) in [7, 11) is 1.47. The van der Waals surface area contributed by atoms with Gasteiger partial charge >= 0.3 is 5.69 Å². The number of hydrazone groups is 1. The number of ether oxygens (including phenoxy) is 1. The van der Waals surface area contributed by atoms with Crippen LogP contribution in [-0.4, -0.2) is 33.6 Å². The standard InChI is InChI=1S/C12H13N5O3/c1-7-11(14-12(19)17-15-7)16-13-6-8-3-4-10(20-2)9(18)5-8/h3-6,18H,1-2H3,(H2,14,16,17,19). The highest BCUT2D eigenvalue weighted by Gasteiger charge is 2.02. The molecular formula is C12H13N5O3. The number of hydrogen-bond acceptors (Lipinski definition) is 7. The van der Waals surface area contributed by atoms with Crippen LogP contribution in [-0.2, 0) is 0 Å². The van der Waals surface area contributed by atoms with Crippen LogP contribution in [0.25, 0.3) is 0 Å². The fourth-order valence-corrected chi connectivity index (χ4v) is 1.45. The van der Waals surface area contributed by atoms with Crippen LogP contribution in [0.1, 0.15) is 11.3 Å². The molecule has 2 rings (SSSR count). The lowest BCUT2D eigenvalue weighted by Gasteiger charge is -2.03. The third kappa shape index (κ3) is 3.10. The Hall–Kier alpha value is -2.90. The highest BCUT2D eigenvalue weighted by atomic mass is 16.5. The second kappa shape index (κ2) is 5.83. The number of aryl methyl sites for hydroxylation is 1. The van der Waals surface area contributed by atoms with Crippen molar-refractivity contribution in [2.24, 2.45) is 5.10 Å². The summed E-state index contributed by atoms with van der Waals surface area (Å²) in [6, 6.07) is 4.84. The van der Waals surface area contributed by atoms with Gasteiger partial charge in [0.05, 0.1) is 13.3 Å². The van der Waals surface area contributed by atoms with Crippen LogP contribution < -0.4 is 15.9 Å². The number of nitrogens with one attached hydrogen (secondary N) is 2. The van der Waals surface area contributed by atoms with E-state index < -0.39 is 5.69 Å². The van der Waals surface area contributed by atoms with Gasteiger partial charge < -0.3 is 9.84 Å². The zero-order chi connectivity index (χ0) is 14.5. The summed E-state index contributed by atoms with van der Waals surface area (Å²) < 4.78 is 4.94. The van der Waals surface area contributed by atoms with Crippen LogP contribution in [0.15, 0.2) is 28.1 Å². The van der Waals surface area contributed by atoms with Gasteiger partial charge in [0, 0.05) is 0 Å². The number of aromatic amines is 1.